The Morgan fingerprint density at radius 3 is 2.62 bits per heavy atom. The van der Waals surface area contributed by atoms with Crippen LogP contribution in [-0.2, 0) is 4.74 Å². The van der Waals surface area contributed by atoms with E-state index >= 15 is 0 Å². The number of aromatic nitrogens is 1. The zero-order chi connectivity index (χ0) is 25.5. The smallest absolute Gasteiger partial charge is 0.337 e. The summed E-state index contributed by atoms with van der Waals surface area (Å²) in [4.78, 5) is 16.7. The first-order valence-corrected chi connectivity index (χ1v) is 12.8. The van der Waals surface area contributed by atoms with Gasteiger partial charge in [-0.2, -0.15) is 0 Å². The van der Waals surface area contributed by atoms with Crippen molar-refractivity contribution in [3.63, 3.8) is 0 Å². The Morgan fingerprint density at radius 2 is 1.89 bits per heavy atom. The molecule has 1 aromatic heterocycles. The van der Waals surface area contributed by atoms with E-state index in [2.05, 4.69) is 33.3 Å². The topological polar surface area (TPSA) is 91.1 Å². The summed E-state index contributed by atoms with van der Waals surface area (Å²) in [5.74, 6) is 0.301. The number of aliphatic hydroxyl groups is 1. The number of nitrogens with zero attached hydrogens (tertiary/aromatic N) is 3. The number of benzene rings is 3. The summed E-state index contributed by atoms with van der Waals surface area (Å²) < 4.78 is 10.8. The highest BCUT2D eigenvalue weighted by atomic mass is 16.5. The number of methoxy groups -OCH3 is 1. The Kier molecular flexibility index (Phi) is 6.06. The summed E-state index contributed by atoms with van der Waals surface area (Å²) in [5.41, 5.74) is 6.23. The quantitative estimate of drug-likeness (QED) is 0.361. The molecule has 2 heterocycles. The number of ether oxygens (including phenoxy) is 1. The standard InChI is InChI=1S/C29H30N4O4/c1-3-12-32-13-15-33(16-14-32)23-17-22(30-19-10-8-18(9-11-19)29(35)36-2)24-25-26(23)31-37-28(25)21-7-5-4-6-20(21)27(24)34/h4-11,17,27,30,34H,3,12-16H2,1-2H3. The van der Waals surface area contributed by atoms with Gasteiger partial charge in [-0.3, -0.25) is 4.90 Å². The third kappa shape index (κ3) is 4.02. The molecule has 1 atom stereocenters. The highest BCUT2D eigenvalue weighted by molar-refractivity contribution is 6.07. The molecule has 1 fully saturated rings. The molecule has 6 rings (SSSR count). The molecule has 190 valence electrons. The van der Waals surface area contributed by atoms with Gasteiger partial charge in [0.15, 0.2) is 5.76 Å². The van der Waals surface area contributed by atoms with E-state index in [1.54, 1.807) is 12.1 Å². The molecule has 37 heavy (non-hydrogen) atoms. The number of carbonyl (C=O) groups is 1. The number of carbonyl (C=O) groups excluding carboxylic acids is 1. The van der Waals surface area contributed by atoms with Gasteiger partial charge in [0.2, 0.25) is 0 Å². The molecule has 0 amide bonds. The third-order valence-corrected chi connectivity index (χ3v) is 7.39. The number of anilines is 3. The number of nitrogens with one attached hydrogen (secondary N) is 1. The van der Waals surface area contributed by atoms with E-state index < -0.39 is 6.10 Å². The van der Waals surface area contributed by atoms with E-state index in [1.807, 2.05) is 36.4 Å². The Hall–Kier alpha value is -3.88. The Labute approximate surface area is 215 Å². The van der Waals surface area contributed by atoms with Crippen molar-refractivity contribution in [2.75, 3.05) is 50.1 Å². The van der Waals surface area contributed by atoms with Gasteiger partial charge in [0, 0.05) is 48.7 Å². The predicted molar refractivity (Wildman–Crippen MR) is 144 cm³/mol. The molecule has 3 aromatic carbocycles. The van der Waals surface area contributed by atoms with Crippen LogP contribution in [0.1, 0.15) is 40.9 Å². The Balaban J connectivity index is 1.46. The Morgan fingerprint density at radius 1 is 1.14 bits per heavy atom. The van der Waals surface area contributed by atoms with Crippen LogP contribution >= 0.6 is 0 Å². The highest BCUT2D eigenvalue weighted by Crippen LogP contribution is 2.50. The van der Waals surface area contributed by atoms with E-state index in [0.717, 1.165) is 83.8 Å². The summed E-state index contributed by atoms with van der Waals surface area (Å²) in [6.07, 6.45) is 0.309. The number of piperazine rings is 1. The zero-order valence-electron chi connectivity index (χ0n) is 21.0. The van der Waals surface area contributed by atoms with Crippen LogP contribution in [0, 0.1) is 0 Å². The maximum Gasteiger partial charge on any atom is 0.337 e. The van der Waals surface area contributed by atoms with Crippen molar-refractivity contribution in [2.24, 2.45) is 0 Å². The first kappa shape index (κ1) is 23.5. The normalized spacial score (nSPS) is 17.1. The van der Waals surface area contributed by atoms with E-state index in [4.69, 9.17) is 9.26 Å². The molecule has 0 bridgehead atoms. The summed E-state index contributed by atoms with van der Waals surface area (Å²) >= 11 is 0. The van der Waals surface area contributed by atoms with Crippen molar-refractivity contribution in [3.8, 4) is 11.3 Å². The molecule has 1 aliphatic heterocycles. The van der Waals surface area contributed by atoms with Gasteiger partial charge < -0.3 is 24.6 Å². The summed E-state index contributed by atoms with van der Waals surface area (Å²) in [5, 5.41) is 20.4. The van der Waals surface area contributed by atoms with Crippen LogP contribution in [0.3, 0.4) is 0 Å². The second-order valence-corrected chi connectivity index (χ2v) is 9.60. The third-order valence-electron chi connectivity index (χ3n) is 7.39. The van der Waals surface area contributed by atoms with Crippen molar-refractivity contribution in [3.05, 3.63) is 71.3 Å². The van der Waals surface area contributed by atoms with Gasteiger partial charge in [-0.15, -0.1) is 0 Å². The summed E-state index contributed by atoms with van der Waals surface area (Å²) in [6.45, 7) is 7.08. The molecule has 0 saturated carbocycles. The van der Waals surface area contributed by atoms with Crippen LogP contribution < -0.4 is 10.2 Å². The van der Waals surface area contributed by atoms with Crippen LogP contribution in [0.4, 0.5) is 17.1 Å². The molecular formula is C29H30N4O4. The predicted octanol–water partition coefficient (Wildman–Crippen LogP) is 4.95. The minimum Gasteiger partial charge on any atom is -0.465 e. The van der Waals surface area contributed by atoms with Crippen molar-refractivity contribution in [1.29, 1.82) is 0 Å². The molecule has 8 heteroatoms. The monoisotopic (exact) mass is 498 g/mol. The molecule has 0 radical (unpaired) electrons. The molecule has 1 aliphatic carbocycles. The van der Waals surface area contributed by atoms with Crippen molar-refractivity contribution in [2.45, 2.75) is 19.4 Å². The molecule has 0 spiro atoms. The number of esters is 1. The van der Waals surface area contributed by atoms with Gasteiger partial charge in [0.1, 0.15) is 11.6 Å². The average Bonchev–Trinajstić information content (AvgIpc) is 3.38. The van der Waals surface area contributed by atoms with Crippen molar-refractivity contribution >= 4 is 33.9 Å². The van der Waals surface area contributed by atoms with E-state index in [0.29, 0.717) is 11.3 Å². The van der Waals surface area contributed by atoms with E-state index in [-0.39, 0.29) is 5.97 Å². The van der Waals surface area contributed by atoms with Crippen LogP contribution in [0.2, 0.25) is 0 Å². The lowest BCUT2D eigenvalue weighted by Gasteiger charge is -2.36. The molecule has 2 N–H and O–H groups in total. The minimum absolute atomic E-state index is 0.381. The fourth-order valence-corrected chi connectivity index (χ4v) is 5.53. The van der Waals surface area contributed by atoms with E-state index in [1.165, 1.54) is 7.11 Å². The molecule has 4 aromatic rings. The zero-order valence-corrected chi connectivity index (χ0v) is 21.0. The number of hydrogen-bond acceptors (Lipinski definition) is 8. The second-order valence-electron chi connectivity index (χ2n) is 9.60. The lowest BCUT2D eigenvalue weighted by Crippen LogP contribution is -2.46. The summed E-state index contributed by atoms with van der Waals surface area (Å²) in [7, 11) is 1.37. The molecule has 1 unspecified atom stereocenters. The number of rotatable bonds is 6. The molecule has 2 aliphatic rings. The van der Waals surface area contributed by atoms with Gasteiger partial charge >= 0.3 is 5.97 Å². The lowest BCUT2D eigenvalue weighted by molar-refractivity contribution is 0.0600. The van der Waals surface area contributed by atoms with Crippen LogP contribution in [0.5, 0.6) is 0 Å². The molecule has 8 nitrogen and oxygen atoms in total. The van der Waals surface area contributed by atoms with Crippen LogP contribution in [0.15, 0.2) is 59.1 Å². The Bertz CT molecular complexity index is 1460. The second kappa shape index (κ2) is 9.53. The number of aliphatic hydroxyl groups excluding tert-OH is 1. The fourth-order valence-electron chi connectivity index (χ4n) is 5.53. The van der Waals surface area contributed by atoms with Crippen molar-refractivity contribution in [1.82, 2.24) is 10.1 Å². The average molecular weight is 499 g/mol. The van der Waals surface area contributed by atoms with Crippen LogP contribution in [-0.4, -0.2) is 61.0 Å². The molecule has 1 saturated heterocycles. The van der Waals surface area contributed by atoms with Crippen molar-refractivity contribution < 1.29 is 19.2 Å². The maximum atomic E-state index is 11.9. The van der Waals surface area contributed by atoms with Gasteiger partial charge in [-0.05, 0) is 48.9 Å². The largest absolute Gasteiger partial charge is 0.465 e. The van der Waals surface area contributed by atoms with Gasteiger partial charge in [-0.25, -0.2) is 4.79 Å². The van der Waals surface area contributed by atoms with Gasteiger partial charge in [-0.1, -0.05) is 36.3 Å². The summed E-state index contributed by atoms with van der Waals surface area (Å²) in [6, 6.07) is 17.0. The minimum atomic E-state index is -0.835. The van der Waals surface area contributed by atoms with Crippen LogP contribution in [0.25, 0.3) is 22.2 Å². The SMILES string of the molecule is CCCN1CCN(c2cc(Nc3ccc(C(=O)OC)cc3)c3c4c(onc24)-c2ccccc2C3O)CC1. The van der Waals surface area contributed by atoms with E-state index in [9.17, 15) is 9.90 Å². The van der Waals surface area contributed by atoms with Gasteiger partial charge in [0.05, 0.1) is 23.7 Å². The number of hydrogen-bond donors (Lipinski definition) is 2. The maximum absolute atomic E-state index is 11.9. The highest BCUT2D eigenvalue weighted by Gasteiger charge is 2.34. The lowest BCUT2D eigenvalue weighted by atomic mass is 9.85. The first-order chi connectivity index (χ1) is 18.1. The fraction of sp³-hybridized carbons (Fsp3) is 0.310. The molecular weight excluding hydrogens is 468 g/mol. The number of fused-ring (bicyclic) bond motifs is 2. The van der Waals surface area contributed by atoms with Gasteiger partial charge in [0.25, 0.3) is 0 Å². The first-order valence-electron chi connectivity index (χ1n) is 12.8.